The molecule has 102 valence electrons. The number of nitrogens with two attached hydrogens (primary N) is 1. The van der Waals surface area contributed by atoms with E-state index in [9.17, 15) is 9.59 Å². The molecule has 1 aliphatic heterocycles. The van der Waals surface area contributed by atoms with Crippen LogP contribution < -0.4 is 11.1 Å². The molecular weight excluding hydrogens is 242 g/mol. The number of rotatable bonds is 2. The van der Waals surface area contributed by atoms with Crippen LogP contribution in [0.25, 0.3) is 0 Å². The summed E-state index contributed by atoms with van der Waals surface area (Å²) in [7, 11) is 0. The summed E-state index contributed by atoms with van der Waals surface area (Å²) in [6.45, 7) is 2.89. The van der Waals surface area contributed by atoms with Crippen molar-refractivity contribution in [2.24, 2.45) is 5.73 Å². The zero-order valence-corrected chi connectivity index (χ0v) is 11.1. The Labute approximate surface area is 112 Å². The van der Waals surface area contributed by atoms with Gasteiger partial charge in [0.25, 0.3) is 5.91 Å². The molecule has 1 fully saturated rings. The molecule has 0 unspecified atom stereocenters. The van der Waals surface area contributed by atoms with Crippen LogP contribution in [0.2, 0.25) is 0 Å². The Balaban J connectivity index is 2.01. The summed E-state index contributed by atoms with van der Waals surface area (Å²) >= 11 is 0. The van der Waals surface area contributed by atoms with Gasteiger partial charge >= 0.3 is 0 Å². The van der Waals surface area contributed by atoms with Crippen molar-refractivity contribution in [2.45, 2.75) is 25.8 Å². The Morgan fingerprint density at radius 3 is 2.32 bits per heavy atom. The highest BCUT2D eigenvalue weighted by Gasteiger charge is 2.21. The van der Waals surface area contributed by atoms with E-state index in [-0.39, 0.29) is 17.9 Å². The molecule has 19 heavy (non-hydrogen) atoms. The first-order valence-electron chi connectivity index (χ1n) is 6.49. The molecule has 5 nitrogen and oxygen atoms in total. The van der Waals surface area contributed by atoms with Crippen molar-refractivity contribution in [1.29, 1.82) is 0 Å². The average molecular weight is 261 g/mol. The lowest BCUT2D eigenvalue weighted by atomic mass is 10.0. The number of hydrogen-bond acceptors (Lipinski definition) is 3. The lowest BCUT2D eigenvalue weighted by Gasteiger charge is -2.30. The Bertz CT molecular complexity index is 462. The fourth-order valence-corrected chi connectivity index (χ4v) is 2.18. The van der Waals surface area contributed by atoms with E-state index >= 15 is 0 Å². The number of carbonyl (C=O) groups excluding carboxylic acids is 2. The summed E-state index contributed by atoms with van der Waals surface area (Å²) < 4.78 is 0. The number of carbonyl (C=O) groups is 2. The number of amides is 2. The van der Waals surface area contributed by atoms with Crippen molar-refractivity contribution in [1.82, 2.24) is 4.90 Å². The summed E-state index contributed by atoms with van der Waals surface area (Å²) in [5, 5.41) is 2.68. The molecule has 1 heterocycles. The minimum absolute atomic E-state index is 0.0290. The van der Waals surface area contributed by atoms with Gasteiger partial charge in [-0.3, -0.25) is 9.59 Å². The molecule has 0 bridgehead atoms. The third-order valence-electron chi connectivity index (χ3n) is 3.28. The van der Waals surface area contributed by atoms with Crippen LogP contribution in [0.15, 0.2) is 24.3 Å². The first-order chi connectivity index (χ1) is 9.06. The Morgan fingerprint density at radius 2 is 1.79 bits per heavy atom. The molecule has 0 atom stereocenters. The fourth-order valence-electron chi connectivity index (χ4n) is 2.18. The third-order valence-corrected chi connectivity index (χ3v) is 3.28. The van der Waals surface area contributed by atoms with Crippen LogP contribution in [-0.4, -0.2) is 35.8 Å². The maximum atomic E-state index is 12.2. The summed E-state index contributed by atoms with van der Waals surface area (Å²) in [4.78, 5) is 25.0. The van der Waals surface area contributed by atoms with Crippen molar-refractivity contribution in [3.63, 3.8) is 0 Å². The van der Waals surface area contributed by atoms with Gasteiger partial charge in [0.1, 0.15) is 0 Å². The van der Waals surface area contributed by atoms with Crippen molar-refractivity contribution < 1.29 is 9.59 Å². The molecule has 0 saturated carbocycles. The number of benzene rings is 1. The number of nitrogens with one attached hydrogen (secondary N) is 1. The van der Waals surface area contributed by atoms with Crippen LogP contribution in [0.4, 0.5) is 5.69 Å². The van der Waals surface area contributed by atoms with Crippen molar-refractivity contribution >= 4 is 17.5 Å². The molecule has 0 radical (unpaired) electrons. The lowest BCUT2D eigenvalue weighted by molar-refractivity contribution is -0.114. The first kappa shape index (κ1) is 13.5. The van der Waals surface area contributed by atoms with E-state index in [1.807, 2.05) is 4.90 Å². The Hall–Kier alpha value is -1.88. The molecule has 1 aliphatic rings. The van der Waals surface area contributed by atoms with E-state index < -0.39 is 0 Å². The summed E-state index contributed by atoms with van der Waals surface area (Å²) in [6.07, 6.45) is 1.71. The van der Waals surface area contributed by atoms with Crippen LogP contribution in [0.1, 0.15) is 30.1 Å². The van der Waals surface area contributed by atoms with E-state index in [4.69, 9.17) is 5.73 Å². The number of likely N-dealkylation sites (tertiary alicyclic amines) is 1. The van der Waals surface area contributed by atoms with Gasteiger partial charge in [0.05, 0.1) is 0 Å². The number of anilines is 1. The predicted octanol–water partition coefficient (Wildman–Crippen LogP) is 1.21. The van der Waals surface area contributed by atoms with Gasteiger partial charge in [0.15, 0.2) is 0 Å². The molecule has 0 aromatic heterocycles. The Morgan fingerprint density at radius 1 is 1.21 bits per heavy atom. The van der Waals surface area contributed by atoms with E-state index in [1.165, 1.54) is 6.92 Å². The molecule has 0 aliphatic carbocycles. The fraction of sp³-hybridized carbons (Fsp3) is 0.429. The lowest BCUT2D eigenvalue weighted by Crippen LogP contribution is -2.42. The minimum Gasteiger partial charge on any atom is -0.339 e. The smallest absolute Gasteiger partial charge is 0.253 e. The van der Waals surface area contributed by atoms with Gasteiger partial charge in [0, 0.05) is 37.3 Å². The summed E-state index contributed by atoms with van der Waals surface area (Å²) in [6, 6.07) is 7.17. The van der Waals surface area contributed by atoms with Crippen molar-refractivity contribution in [3.8, 4) is 0 Å². The number of nitrogens with zero attached hydrogens (tertiary/aromatic N) is 1. The van der Waals surface area contributed by atoms with Gasteiger partial charge in [0.2, 0.25) is 5.91 Å². The predicted molar refractivity (Wildman–Crippen MR) is 73.9 cm³/mol. The highest BCUT2D eigenvalue weighted by Crippen LogP contribution is 2.15. The molecule has 1 saturated heterocycles. The van der Waals surface area contributed by atoms with Gasteiger partial charge in [-0.1, -0.05) is 0 Å². The van der Waals surface area contributed by atoms with Crippen LogP contribution in [-0.2, 0) is 4.79 Å². The number of piperidine rings is 1. The zero-order valence-electron chi connectivity index (χ0n) is 11.1. The minimum atomic E-state index is -0.121. The molecule has 2 amide bonds. The quantitative estimate of drug-likeness (QED) is 0.840. The number of hydrogen-bond donors (Lipinski definition) is 2. The van der Waals surface area contributed by atoms with Crippen molar-refractivity contribution in [3.05, 3.63) is 29.8 Å². The normalized spacial score (nSPS) is 16.2. The largest absolute Gasteiger partial charge is 0.339 e. The highest BCUT2D eigenvalue weighted by atomic mass is 16.2. The second-order valence-corrected chi connectivity index (χ2v) is 4.89. The van der Waals surface area contributed by atoms with Gasteiger partial charge < -0.3 is 16.0 Å². The van der Waals surface area contributed by atoms with Crippen molar-refractivity contribution in [2.75, 3.05) is 18.4 Å². The van der Waals surface area contributed by atoms with Gasteiger partial charge in [-0.25, -0.2) is 0 Å². The molecule has 1 aromatic carbocycles. The maximum Gasteiger partial charge on any atom is 0.253 e. The van der Waals surface area contributed by atoms with Gasteiger partial charge in [-0.15, -0.1) is 0 Å². The second kappa shape index (κ2) is 5.84. The topological polar surface area (TPSA) is 75.4 Å². The van der Waals surface area contributed by atoms with E-state index in [1.54, 1.807) is 24.3 Å². The second-order valence-electron chi connectivity index (χ2n) is 4.89. The summed E-state index contributed by atoms with van der Waals surface area (Å²) in [5.74, 6) is -0.0923. The zero-order chi connectivity index (χ0) is 13.8. The van der Waals surface area contributed by atoms with Gasteiger partial charge in [-0.2, -0.15) is 0 Å². The molecule has 5 heteroatoms. The first-order valence-corrected chi connectivity index (χ1v) is 6.49. The Kier molecular flexibility index (Phi) is 4.16. The summed E-state index contributed by atoms with van der Waals surface area (Å²) in [5.41, 5.74) is 7.17. The van der Waals surface area contributed by atoms with Crippen LogP contribution in [0.3, 0.4) is 0 Å². The highest BCUT2D eigenvalue weighted by molar-refractivity contribution is 5.95. The van der Waals surface area contributed by atoms with Crippen LogP contribution in [0, 0.1) is 0 Å². The molecular formula is C14H19N3O2. The van der Waals surface area contributed by atoms with Gasteiger partial charge in [-0.05, 0) is 37.1 Å². The molecule has 1 aromatic rings. The van der Waals surface area contributed by atoms with E-state index in [2.05, 4.69) is 5.32 Å². The third kappa shape index (κ3) is 3.54. The standard InChI is InChI=1S/C14H19N3O2/c1-10(18)16-13-4-2-11(3-5-13)14(19)17-8-6-12(15)7-9-17/h2-5,12H,6-9,15H2,1H3,(H,16,18). The average Bonchev–Trinajstić information content (AvgIpc) is 2.39. The monoisotopic (exact) mass is 261 g/mol. The molecule has 3 N–H and O–H groups in total. The molecule has 0 spiro atoms. The SMILES string of the molecule is CC(=O)Nc1ccc(C(=O)N2CCC(N)CC2)cc1. The molecule has 2 rings (SSSR count). The maximum absolute atomic E-state index is 12.2. The van der Waals surface area contributed by atoms with Crippen LogP contribution >= 0.6 is 0 Å². The van der Waals surface area contributed by atoms with E-state index in [0.717, 1.165) is 12.8 Å². The van der Waals surface area contributed by atoms with E-state index in [0.29, 0.717) is 24.3 Å². The van der Waals surface area contributed by atoms with Crippen LogP contribution in [0.5, 0.6) is 0 Å².